The highest BCUT2D eigenvalue weighted by atomic mass is 31.2. The Morgan fingerprint density at radius 1 is 0.840 bits per heavy atom. The molecule has 0 saturated carbocycles. The van der Waals surface area contributed by atoms with Crippen LogP contribution in [0.1, 0.15) is 52.7 Å². The molecule has 2 aromatic carbocycles. The van der Waals surface area contributed by atoms with Crippen molar-refractivity contribution < 1.29 is 18.5 Å². The first-order chi connectivity index (χ1) is 11.4. The van der Waals surface area contributed by atoms with Crippen LogP contribution in [0.15, 0.2) is 48.5 Å². The van der Waals surface area contributed by atoms with Crippen LogP contribution in [0.3, 0.4) is 0 Å². The Bertz CT molecular complexity index is 771. The number of rotatable bonds is 4. The van der Waals surface area contributed by atoms with E-state index in [1.54, 1.807) is 36.4 Å². The summed E-state index contributed by atoms with van der Waals surface area (Å²) in [5.41, 5.74) is 1.73. The Labute approximate surface area is 150 Å². The van der Waals surface area contributed by atoms with Gasteiger partial charge < -0.3 is 9.05 Å². The van der Waals surface area contributed by atoms with Crippen molar-refractivity contribution in [1.29, 1.82) is 0 Å². The van der Waals surface area contributed by atoms with Crippen molar-refractivity contribution in [3.05, 3.63) is 59.7 Å². The van der Waals surface area contributed by atoms with Crippen LogP contribution >= 0.6 is 7.82 Å². The van der Waals surface area contributed by atoms with Crippen LogP contribution in [-0.4, -0.2) is 4.89 Å². The van der Waals surface area contributed by atoms with Crippen molar-refractivity contribution in [2.75, 3.05) is 0 Å². The second kappa shape index (κ2) is 6.86. The largest absolute Gasteiger partial charge is 0.584 e. The van der Waals surface area contributed by atoms with Gasteiger partial charge in [-0.15, -0.1) is 0 Å². The van der Waals surface area contributed by atoms with E-state index in [0.717, 1.165) is 11.1 Å². The number of phosphoric ester groups is 1. The van der Waals surface area contributed by atoms with Crippen LogP contribution in [-0.2, 0) is 15.4 Å². The van der Waals surface area contributed by atoms with Gasteiger partial charge in [0.05, 0.1) is 0 Å². The number of benzene rings is 2. The molecule has 1 unspecified atom stereocenters. The molecule has 0 amide bonds. The maximum atomic E-state index is 12.4. The molecule has 0 aliphatic carbocycles. The summed E-state index contributed by atoms with van der Waals surface area (Å²) in [5, 5.41) is 0. The lowest BCUT2D eigenvalue weighted by molar-refractivity contribution is 0.288. The third kappa shape index (κ3) is 5.35. The van der Waals surface area contributed by atoms with Gasteiger partial charge in [0.15, 0.2) is 0 Å². The van der Waals surface area contributed by atoms with E-state index in [-0.39, 0.29) is 16.6 Å². The van der Waals surface area contributed by atoms with Gasteiger partial charge in [0, 0.05) is 5.56 Å². The lowest BCUT2D eigenvalue weighted by atomic mass is 9.80. The Morgan fingerprint density at radius 3 is 1.96 bits per heavy atom. The van der Waals surface area contributed by atoms with Crippen LogP contribution in [0.5, 0.6) is 11.5 Å². The summed E-state index contributed by atoms with van der Waals surface area (Å²) in [7, 11) is -4.29. The highest BCUT2D eigenvalue weighted by Crippen LogP contribution is 2.47. The summed E-state index contributed by atoms with van der Waals surface area (Å²) in [5.74, 6) is 0.652. The minimum atomic E-state index is -4.29. The first-order valence-electron chi connectivity index (χ1n) is 8.30. The normalized spacial score (nSPS) is 14.7. The second-order valence-corrected chi connectivity index (χ2v) is 9.48. The van der Waals surface area contributed by atoms with E-state index in [0.29, 0.717) is 5.75 Å². The van der Waals surface area contributed by atoms with E-state index in [1.165, 1.54) is 0 Å². The quantitative estimate of drug-likeness (QED) is 0.694. The van der Waals surface area contributed by atoms with E-state index >= 15 is 0 Å². The molecule has 1 N–H and O–H groups in total. The smallest absolute Gasteiger partial charge is 0.395 e. The van der Waals surface area contributed by atoms with Crippen molar-refractivity contribution in [1.82, 2.24) is 0 Å². The van der Waals surface area contributed by atoms with Gasteiger partial charge in [-0.3, -0.25) is 4.89 Å². The molecule has 0 bridgehead atoms. The number of hydrogen-bond acceptors (Lipinski definition) is 3. The van der Waals surface area contributed by atoms with E-state index < -0.39 is 7.82 Å². The van der Waals surface area contributed by atoms with Crippen molar-refractivity contribution >= 4 is 7.82 Å². The molecule has 0 fully saturated rings. The highest BCUT2D eigenvalue weighted by Gasteiger charge is 2.30. The van der Waals surface area contributed by atoms with Crippen LogP contribution in [0, 0.1) is 0 Å². The first kappa shape index (κ1) is 19.6. The Morgan fingerprint density at radius 2 is 1.44 bits per heavy atom. The minimum absolute atomic E-state index is 0.0258. The molecule has 25 heavy (non-hydrogen) atoms. The lowest BCUT2D eigenvalue weighted by Gasteiger charge is -2.27. The molecule has 136 valence electrons. The zero-order valence-electron chi connectivity index (χ0n) is 15.7. The van der Waals surface area contributed by atoms with Gasteiger partial charge in [-0.05, 0) is 34.6 Å². The average molecular weight is 362 g/mol. The van der Waals surface area contributed by atoms with Crippen LogP contribution in [0.2, 0.25) is 0 Å². The fourth-order valence-electron chi connectivity index (χ4n) is 2.42. The van der Waals surface area contributed by atoms with Crippen molar-refractivity contribution in [2.45, 2.75) is 52.4 Å². The molecule has 0 aliphatic heterocycles. The predicted molar refractivity (Wildman–Crippen MR) is 101 cm³/mol. The first-order valence-corrected chi connectivity index (χ1v) is 9.80. The Kier molecular flexibility index (Phi) is 5.36. The standard InChI is InChI=1S/C20H27O4P/c1-19(2,3)15-12-13-18(17(14-15)20(4,5)6)24-25(21,22)23-16-10-8-7-9-11-16/h7-14H,1-6H3,(H,21,22). The molecular formula is C20H27O4P. The molecule has 0 heterocycles. The molecule has 0 spiro atoms. The van der Waals surface area contributed by atoms with Crippen LogP contribution < -0.4 is 9.05 Å². The molecule has 0 radical (unpaired) electrons. The fraction of sp³-hybridized carbons (Fsp3) is 0.400. The predicted octanol–water partition coefficient (Wildman–Crippen LogP) is 5.84. The summed E-state index contributed by atoms with van der Waals surface area (Å²) in [6, 6.07) is 14.2. The van der Waals surface area contributed by atoms with E-state index in [2.05, 4.69) is 20.8 Å². The fourth-order valence-corrected chi connectivity index (χ4v) is 3.25. The summed E-state index contributed by atoms with van der Waals surface area (Å²) in [4.78, 5) is 10.2. The molecule has 0 aliphatic rings. The van der Waals surface area contributed by atoms with Gasteiger partial charge in [-0.2, -0.15) is 0 Å². The summed E-state index contributed by atoms with van der Waals surface area (Å²) < 4.78 is 23.0. The zero-order chi connectivity index (χ0) is 18.9. The lowest BCUT2D eigenvalue weighted by Crippen LogP contribution is -2.17. The van der Waals surface area contributed by atoms with Gasteiger partial charge in [-0.1, -0.05) is 71.9 Å². The highest BCUT2D eigenvalue weighted by molar-refractivity contribution is 7.48. The van der Waals surface area contributed by atoms with Gasteiger partial charge >= 0.3 is 7.82 Å². The van der Waals surface area contributed by atoms with E-state index in [1.807, 2.05) is 32.9 Å². The van der Waals surface area contributed by atoms with Crippen LogP contribution in [0.4, 0.5) is 0 Å². The van der Waals surface area contributed by atoms with Gasteiger partial charge in [0.2, 0.25) is 0 Å². The number of para-hydroxylation sites is 1. The Balaban J connectivity index is 2.36. The second-order valence-electron chi connectivity index (χ2n) is 8.18. The van der Waals surface area contributed by atoms with Crippen molar-refractivity contribution in [3.8, 4) is 11.5 Å². The molecule has 2 rings (SSSR count). The minimum Gasteiger partial charge on any atom is -0.395 e. The van der Waals surface area contributed by atoms with Crippen molar-refractivity contribution in [3.63, 3.8) is 0 Å². The summed E-state index contributed by atoms with van der Waals surface area (Å²) in [6.07, 6.45) is 0. The average Bonchev–Trinajstić information content (AvgIpc) is 2.45. The molecule has 1 atom stereocenters. The third-order valence-corrected chi connectivity index (χ3v) is 4.70. The third-order valence-electron chi connectivity index (χ3n) is 3.83. The monoisotopic (exact) mass is 362 g/mol. The molecule has 0 aromatic heterocycles. The maximum absolute atomic E-state index is 12.4. The molecule has 2 aromatic rings. The van der Waals surface area contributed by atoms with Gasteiger partial charge in [-0.25, -0.2) is 4.57 Å². The maximum Gasteiger partial charge on any atom is 0.584 e. The van der Waals surface area contributed by atoms with E-state index in [4.69, 9.17) is 9.05 Å². The van der Waals surface area contributed by atoms with Gasteiger partial charge in [0.1, 0.15) is 11.5 Å². The van der Waals surface area contributed by atoms with E-state index in [9.17, 15) is 9.46 Å². The molecular weight excluding hydrogens is 335 g/mol. The van der Waals surface area contributed by atoms with Gasteiger partial charge in [0.25, 0.3) is 0 Å². The SMILES string of the molecule is CC(C)(C)c1ccc(OP(=O)(O)Oc2ccccc2)c(C(C)(C)C)c1. The topological polar surface area (TPSA) is 55.8 Å². The molecule has 0 saturated heterocycles. The van der Waals surface area contributed by atoms with Crippen LogP contribution in [0.25, 0.3) is 0 Å². The molecule has 5 heteroatoms. The summed E-state index contributed by atoms with van der Waals surface area (Å²) >= 11 is 0. The summed E-state index contributed by atoms with van der Waals surface area (Å²) in [6.45, 7) is 12.5. The molecule has 4 nitrogen and oxygen atoms in total. The van der Waals surface area contributed by atoms with Crippen molar-refractivity contribution in [2.24, 2.45) is 0 Å². The Hall–Kier alpha value is -1.77. The number of hydrogen-bond donors (Lipinski definition) is 1. The number of phosphoric acid groups is 1. The zero-order valence-corrected chi connectivity index (χ0v) is 16.6.